The number of carbonyl (C=O) groups excluding carboxylic acids is 1. The molecule has 4 aromatic rings. The molecule has 1 aromatic carbocycles. The van der Waals surface area contributed by atoms with Gasteiger partial charge >= 0.3 is 0 Å². The molecule has 9 heteroatoms. The summed E-state index contributed by atoms with van der Waals surface area (Å²) < 4.78 is 26.9. The van der Waals surface area contributed by atoms with E-state index in [1.807, 2.05) is 37.3 Å². The monoisotopic (exact) mass is 488 g/mol. The SMILES string of the molecule is CCc1nc2c(C)cc(C)nc2n1Cc1ccc(-c2ccncc2N(C(=O)C2CC2)S(=O)[O-])cc1. The van der Waals surface area contributed by atoms with E-state index in [9.17, 15) is 13.6 Å². The van der Waals surface area contributed by atoms with Gasteiger partial charge in [-0.3, -0.25) is 14.0 Å². The fourth-order valence-electron chi connectivity index (χ4n) is 4.42. The molecule has 3 aromatic heterocycles. The third kappa shape index (κ3) is 4.49. The lowest BCUT2D eigenvalue weighted by atomic mass is 10.0. The van der Waals surface area contributed by atoms with Crippen LogP contribution in [0, 0.1) is 19.8 Å². The molecule has 0 bridgehead atoms. The van der Waals surface area contributed by atoms with E-state index in [4.69, 9.17) is 9.97 Å². The number of aryl methyl sites for hydroxylation is 3. The number of nitrogens with zero attached hydrogens (tertiary/aromatic N) is 5. The van der Waals surface area contributed by atoms with Crippen LogP contribution in [0.3, 0.4) is 0 Å². The Balaban J connectivity index is 1.48. The van der Waals surface area contributed by atoms with E-state index < -0.39 is 17.2 Å². The van der Waals surface area contributed by atoms with E-state index in [1.165, 1.54) is 6.20 Å². The summed E-state index contributed by atoms with van der Waals surface area (Å²) in [6.45, 7) is 6.75. The normalized spacial score (nSPS) is 14.3. The summed E-state index contributed by atoms with van der Waals surface area (Å²) in [5, 5.41) is 0. The second-order valence-corrected chi connectivity index (χ2v) is 9.73. The zero-order chi connectivity index (χ0) is 24.7. The van der Waals surface area contributed by atoms with Crippen LogP contribution in [0.5, 0.6) is 0 Å². The van der Waals surface area contributed by atoms with Crippen LogP contribution >= 0.6 is 0 Å². The lowest BCUT2D eigenvalue weighted by Crippen LogP contribution is -2.34. The molecule has 0 radical (unpaired) electrons. The third-order valence-corrected chi connectivity index (χ3v) is 6.99. The smallest absolute Gasteiger partial charge is 0.241 e. The van der Waals surface area contributed by atoms with Gasteiger partial charge in [-0.15, -0.1) is 0 Å². The minimum atomic E-state index is -2.72. The number of pyridine rings is 2. The van der Waals surface area contributed by atoms with Crippen molar-refractivity contribution in [1.82, 2.24) is 19.5 Å². The molecular weight excluding hydrogens is 462 g/mol. The molecule has 1 fully saturated rings. The Labute approximate surface area is 206 Å². The maximum atomic E-state index is 12.7. The first-order valence-electron chi connectivity index (χ1n) is 11.7. The second kappa shape index (κ2) is 9.31. The van der Waals surface area contributed by atoms with Crippen molar-refractivity contribution in [2.24, 2.45) is 5.92 Å². The zero-order valence-corrected chi connectivity index (χ0v) is 20.7. The van der Waals surface area contributed by atoms with Gasteiger partial charge in [0.25, 0.3) is 0 Å². The van der Waals surface area contributed by atoms with Crippen molar-refractivity contribution < 1.29 is 13.6 Å². The van der Waals surface area contributed by atoms with Gasteiger partial charge in [0.2, 0.25) is 5.91 Å². The average Bonchev–Trinajstić information content (AvgIpc) is 3.63. The second-order valence-electron chi connectivity index (χ2n) is 8.93. The number of amides is 1. The van der Waals surface area contributed by atoms with Gasteiger partial charge in [-0.1, -0.05) is 31.2 Å². The predicted octanol–water partition coefficient (Wildman–Crippen LogP) is 4.26. The first-order valence-corrected chi connectivity index (χ1v) is 12.7. The van der Waals surface area contributed by atoms with E-state index >= 15 is 0 Å². The van der Waals surface area contributed by atoms with Crippen LogP contribution in [0.25, 0.3) is 22.3 Å². The summed E-state index contributed by atoms with van der Waals surface area (Å²) in [4.78, 5) is 26.3. The molecule has 1 saturated carbocycles. The lowest BCUT2D eigenvalue weighted by molar-refractivity contribution is -0.118. The molecule has 1 aliphatic carbocycles. The Hall–Kier alpha value is -3.43. The van der Waals surface area contributed by atoms with Crippen LogP contribution in [0.15, 0.2) is 48.8 Å². The van der Waals surface area contributed by atoms with Gasteiger partial charge < -0.3 is 9.12 Å². The van der Waals surface area contributed by atoms with Gasteiger partial charge in [0, 0.05) is 29.8 Å². The Morgan fingerprint density at radius 1 is 1.17 bits per heavy atom. The van der Waals surface area contributed by atoms with Gasteiger partial charge in [0.05, 0.1) is 29.7 Å². The van der Waals surface area contributed by atoms with Crippen molar-refractivity contribution in [3.63, 3.8) is 0 Å². The molecule has 0 spiro atoms. The highest BCUT2D eigenvalue weighted by molar-refractivity contribution is 7.81. The molecule has 35 heavy (non-hydrogen) atoms. The number of hydrogen-bond donors (Lipinski definition) is 0. The van der Waals surface area contributed by atoms with Gasteiger partial charge in [-0.05, 0) is 55.5 Å². The number of rotatable bonds is 7. The topological polar surface area (TPSA) is 104 Å². The van der Waals surface area contributed by atoms with Gasteiger partial charge in [0.15, 0.2) is 5.65 Å². The standard InChI is InChI=1S/C26H27N5O3S/c1-4-23-29-24-16(2)13-17(3)28-25(24)30(23)15-18-5-7-19(8-6-18)21-11-12-27-14-22(21)31(35(33)34)26(32)20-9-10-20/h5-8,11-14,20H,4,9-10,15H2,1-3H3,(H,33,34)/p-1. The number of carbonyl (C=O) groups is 1. The van der Waals surface area contributed by atoms with Crippen molar-refractivity contribution in [2.75, 3.05) is 4.31 Å². The van der Waals surface area contributed by atoms with E-state index in [-0.39, 0.29) is 11.6 Å². The molecule has 1 aliphatic rings. The summed E-state index contributed by atoms with van der Waals surface area (Å²) in [5.41, 5.74) is 6.67. The number of fused-ring (bicyclic) bond motifs is 1. The third-order valence-electron chi connectivity index (χ3n) is 6.32. The Bertz CT molecular complexity index is 1440. The summed E-state index contributed by atoms with van der Waals surface area (Å²) in [5.74, 6) is 0.345. The molecular formula is C26H26N5O3S-. The van der Waals surface area contributed by atoms with Gasteiger partial charge in [-0.2, -0.15) is 0 Å². The largest absolute Gasteiger partial charge is 0.755 e. The fourth-order valence-corrected chi connectivity index (χ4v) is 5.02. The maximum Gasteiger partial charge on any atom is 0.241 e. The summed E-state index contributed by atoms with van der Waals surface area (Å²) in [7, 11) is 0. The van der Waals surface area contributed by atoms with Crippen LogP contribution in [-0.2, 0) is 29.0 Å². The number of benzene rings is 1. The minimum absolute atomic E-state index is 0.234. The van der Waals surface area contributed by atoms with Crippen LogP contribution < -0.4 is 4.31 Å². The van der Waals surface area contributed by atoms with Gasteiger partial charge in [0.1, 0.15) is 11.3 Å². The highest BCUT2D eigenvalue weighted by atomic mass is 32.2. The van der Waals surface area contributed by atoms with Crippen molar-refractivity contribution in [2.45, 2.75) is 46.6 Å². The molecule has 5 rings (SSSR count). The first-order chi connectivity index (χ1) is 16.9. The van der Waals surface area contributed by atoms with Crippen LogP contribution in [0.2, 0.25) is 0 Å². The number of imidazole rings is 1. The molecule has 8 nitrogen and oxygen atoms in total. The van der Waals surface area contributed by atoms with E-state index in [2.05, 4.69) is 23.4 Å². The lowest BCUT2D eigenvalue weighted by Gasteiger charge is -2.26. The van der Waals surface area contributed by atoms with E-state index in [0.717, 1.165) is 50.1 Å². The minimum Gasteiger partial charge on any atom is -0.755 e. The highest BCUT2D eigenvalue weighted by Gasteiger charge is 2.35. The molecule has 180 valence electrons. The van der Waals surface area contributed by atoms with Crippen LogP contribution in [-0.4, -0.2) is 34.2 Å². The first kappa shape index (κ1) is 23.3. The molecule has 0 saturated heterocycles. The Morgan fingerprint density at radius 2 is 1.91 bits per heavy atom. The molecule has 0 N–H and O–H groups in total. The summed E-state index contributed by atoms with van der Waals surface area (Å²) >= 11 is -2.72. The molecule has 1 amide bonds. The number of aromatic nitrogens is 4. The van der Waals surface area contributed by atoms with Crippen molar-refractivity contribution in [1.29, 1.82) is 0 Å². The van der Waals surface area contributed by atoms with Crippen molar-refractivity contribution in [3.05, 3.63) is 71.4 Å². The molecule has 1 unspecified atom stereocenters. The summed E-state index contributed by atoms with van der Waals surface area (Å²) in [6, 6.07) is 11.7. The Kier molecular flexibility index (Phi) is 6.21. The molecule has 1 atom stereocenters. The zero-order valence-electron chi connectivity index (χ0n) is 19.9. The average molecular weight is 489 g/mol. The van der Waals surface area contributed by atoms with Crippen molar-refractivity contribution in [3.8, 4) is 11.1 Å². The van der Waals surface area contributed by atoms with Crippen molar-refractivity contribution >= 4 is 34.0 Å². The Morgan fingerprint density at radius 3 is 2.57 bits per heavy atom. The van der Waals surface area contributed by atoms with E-state index in [1.54, 1.807) is 12.3 Å². The highest BCUT2D eigenvalue weighted by Crippen LogP contribution is 2.37. The summed E-state index contributed by atoms with van der Waals surface area (Å²) in [6.07, 6.45) is 5.26. The maximum absolute atomic E-state index is 12.7. The van der Waals surface area contributed by atoms with Crippen LogP contribution in [0.4, 0.5) is 5.69 Å². The van der Waals surface area contributed by atoms with E-state index in [0.29, 0.717) is 24.9 Å². The molecule has 0 aliphatic heterocycles. The number of anilines is 1. The van der Waals surface area contributed by atoms with Gasteiger partial charge in [-0.25, -0.2) is 14.3 Å². The molecule has 3 heterocycles. The van der Waals surface area contributed by atoms with Crippen LogP contribution in [0.1, 0.15) is 42.4 Å². The number of hydrogen-bond acceptors (Lipinski definition) is 6. The fraction of sp³-hybridized carbons (Fsp3) is 0.308. The quantitative estimate of drug-likeness (QED) is 0.360. The predicted molar refractivity (Wildman–Crippen MR) is 134 cm³/mol.